The van der Waals surface area contributed by atoms with Gasteiger partial charge in [-0.3, -0.25) is 0 Å². The molecule has 0 spiro atoms. The normalized spacial score (nSPS) is 24.6. The van der Waals surface area contributed by atoms with Crippen LogP contribution in [0.25, 0.3) is 5.57 Å². The Labute approximate surface area is 111 Å². The van der Waals surface area contributed by atoms with Crippen molar-refractivity contribution in [3.05, 3.63) is 41.7 Å². The zero-order valence-corrected chi connectivity index (χ0v) is 11.1. The molecule has 0 bridgehead atoms. The molecule has 1 aliphatic rings. The molecule has 1 N–H and O–H groups in total. The van der Waals surface area contributed by atoms with Gasteiger partial charge in [-0.15, -0.1) is 0 Å². The predicted octanol–water partition coefficient (Wildman–Crippen LogP) is 3.65. The van der Waals surface area contributed by atoms with E-state index in [2.05, 4.69) is 0 Å². The summed E-state index contributed by atoms with van der Waals surface area (Å²) in [6.07, 6.45) is 2.80. The Morgan fingerprint density at radius 3 is 2.63 bits per heavy atom. The lowest BCUT2D eigenvalue weighted by Gasteiger charge is -2.38. The van der Waals surface area contributed by atoms with Gasteiger partial charge in [0.25, 0.3) is 0 Å². The van der Waals surface area contributed by atoms with Crippen molar-refractivity contribution in [2.75, 3.05) is 0 Å². The van der Waals surface area contributed by atoms with Gasteiger partial charge in [-0.2, -0.15) is 0 Å². The van der Waals surface area contributed by atoms with E-state index in [1.165, 1.54) is 18.4 Å². The third-order valence-electron chi connectivity index (χ3n) is 3.89. The first-order valence-corrected chi connectivity index (χ1v) is 6.49. The van der Waals surface area contributed by atoms with E-state index in [-0.39, 0.29) is 0 Å². The Bertz CT molecular complexity index is 497. The maximum Gasteiger partial charge on any atom is 0.134 e. The fraction of sp³-hybridized carbons (Fsp3) is 0.467. The number of aliphatic hydroxyl groups excluding tert-OH is 1. The van der Waals surface area contributed by atoms with Crippen molar-refractivity contribution in [2.45, 2.75) is 44.8 Å². The highest BCUT2D eigenvalue weighted by Gasteiger charge is 2.37. The minimum Gasteiger partial charge on any atom is -0.492 e. The lowest BCUT2D eigenvalue weighted by atomic mass is 9.84. The zero-order valence-electron chi connectivity index (χ0n) is 11.1. The van der Waals surface area contributed by atoms with Crippen LogP contribution in [-0.2, 0) is 4.74 Å². The van der Waals surface area contributed by atoms with Crippen LogP contribution in [0.1, 0.15) is 38.7 Å². The molecular formula is C15H18F2O2. The van der Waals surface area contributed by atoms with Crippen molar-refractivity contribution in [1.82, 2.24) is 0 Å². The van der Waals surface area contributed by atoms with Crippen molar-refractivity contribution in [2.24, 2.45) is 0 Å². The van der Waals surface area contributed by atoms with E-state index in [1.807, 2.05) is 6.92 Å². The van der Waals surface area contributed by atoms with Crippen molar-refractivity contribution < 1.29 is 18.6 Å². The predicted molar refractivity (Wildman–Crippen MR) is 69.4 cm³/mol. The number of benzene rings is 1. The molecule has 0 saturated heterocycles. The van der Waals surface area contributed by atoms with E-state index >= 15 is 0 Å². The van der Waals surface area contributed by atoms with Crippen LogP contribution >= 0.6 is 0 Å². The number of allylic oxidation sites excluding steroid dienone is 1. The average Bonchev–Trinajstić information content (AvgIpc) is 2.39. The van der Waals surface area contributed by atoms with Gasteiger partial charge in [0.05, 0.1) is 12.4 Å². The van der Waals surface area contributed by atoms with Crippen LogP contribution in [0.5, 0.6) is 0 Å². The second kappa shape index (κ2) is 5.29. The van der Waals surface area contributed by atoms with Crippen LogP contribution in [0.2, 0.25) is 0 Å². The van der Waals surface area contributed by atoms with E-state index in [0.717, 1.165) is 6.07 Å². The molecule has 1 heterocycles. The van der Waals surface area contributed by atoms with Crippen LogP contribution in [-0.4, -0.2) is 16.8 Å². The maximum absolute atomic E-state index is 13.7. The van der Waals surface area contributed by atoms with Crippen molar-refractivity contribution in [1.29, 1.82) is 0 Å². The van der Waals surface area contributed by atoms with Crippen LogP contribution in [0, 0.1) is 11.6 Å². The summed E-state index contributed by atoms with van der Waals surface area (Å²) in [6, 6.07) is 3.52. The summed E-state index contributed by atoms with van der Waals surface area (Å²) >= 11 is 0. The van der Waals surface area contributed by atoms with E-state index in [9.17, 15) is 13.9 Å². The summed E-state index contributed by atoms with van der Waals surface area (Å²) in [7, 11) is 0. The largest absolute Gasteiger partial charge is 0.492 e. The molecule has 1 aromatic rings. The molecule has 19 heavy (non-hydrogen) atoms. The highest BCUT2D eigenvalue weighted by Crippen LogP contribution is 2.37. The number of ether oxygens (including phenoxy) is 1. The first kappa shape index (κ1) is 14.0. The highest BCUT2D eigenvalue weighted by atomic mass is 19.1. The highest BCUT2D eigenvalue weighted by molar-refractivity contribution is 5.65. The molecule has 2 atom stereocenters. The maximum atomic E-state index is 13.7. The Kier molecular flexibility index (Phi) is 3.90. The minimum absolute atomic E-state index is 0.358. The third-order valence-corrected chi connectivity index (χ3v) is 3.89. The van der Waals surface area contributed by atoms with Gasteiger partial charge in [-0.1, -0.05) is 6.92 Å². The molecule has 0 aromatic heterocycles. The standard InChI is InChI=1S/C15H18F2O2/c1-3-15(10(2)18)7-6-11(9-19-15)13-5-4-12(16)8-14(13)17/h4-5,8-10,18H,3,6-7H2,1-2H3. The molecule has 104 valence electrons. The van der Waals surface area contributed by atoms with Gasteiger partial charge in [-0.25, -0.2) is 8.78 Å². The summed E-state index contributed by atoms with van der Waals surface area (Å²) in [6.45, 7) is 3.64. The summed E-state index contributed by atoms with van der Waals surface area (Å²) in [5.74, 6) is -1.18. The Balaban J connectivity index is 2.25. The van der Waals surface area contributed by atoms with Crippen molar-refractivity contribution in [3.63, 3.8) is 0 Å². The molecule has 0 saturated carbocycles. The van der Waals surface area contributed by atoms with Crippen LogP contribution in [0.3, 0.4) is 0 Å². The van der Waals surface area contributed by atoms with Crippen molar-refractivity contribution >= 4 is 5.57 Å². The van der Waals surface area contributed by atoms with Gasteiger partial charge in [-0.05, 0) is 43.9 Å². The van der Waals surface area contributed by atoms with E-state index in [1.54, 1.807) is 6.92 Å². The molecule has 2 unspecified atom stereocenters. The number of aliphatic hydroxyl groups is 1. The minimum atomic E-state index is -0.597. The van der Waals surface area contributed by atoms with Crippen molar-refractivity contribution in [3.8, 4) is 0 Å². The zero-order chi connectivity index (χ0) is 14.0. The molecule has 0 aliphatic carbocycles. The molecule has 1 aliphatic heterocycles. The molecule has 0 fully saturated rings. The first-order chi connectivity index (χ1) is 8.98. The lowest BCUT2D eigenvalue weighted by Crippen LogP contribution is -2.43. The van der Waals surface area contributed by atoms with Gasteiger partial charge in [0.1, 0.15) is 17.2 Å². The van der Waals surface area contributed by atoms with Crippen LogP contribution in [0.15, 0.2) is 24.5 Å². The Hall–Kier alpha value is -1.42. The number of rotatable bonds is 3. The molecule has 1 aromatic carbocycles. The van der Waals surface area contributed by atoms with Crippen LogP contribution < -0.4 is 0 Å². The lowest BCUT2D eigenvalue weighted by molar-refractivity contribution is -0.0866. The summed E-state index contributed by atoms with van der Waals surface area (Å²) in [5, 5.41) is 9.80. The van der Waals surface area contributed by atoms with E-state index < -0.39 is 23.3 Å². The molecule has 2 rings (SSSR count). The van der Waals surface area contributed by atoms with E-state index in [4.69, 9.17) is 4.74 Å². The molecule has 0 amide bonds. The summed E-state index contributed by atoms with van der Waals surface area (Å²) < 4.78 is 32.2. The summed E-state index contributed by atoms with van der Waals surface area (Å²) in [5.41, 5.74) is 0.457. The average molecular weight is 268 g/mol. The second-order valence-corrected chi connectivity index (χ2v) is 4.98. The quantitative estimate of drug-likeness (QED) is 0.906. The molecule has 2 nitrogen and oxygen atoms in total. The monoisotopic (exact) mass is 268 g/mol. The van der Waals surface area contributed by atoms with E-state index in [0.29, 0.717) is 30.4 Å². The van der Waals surface area contributed by atoms with Gasteiger partial charge in [0.2, 0.25) is 0 Å². The molecule has 4 heteroatoms. The topological polar surface area (TPSA) is 29.5 Å². The Morgan fingerprint density at radius 2 is 2.16 bits per heavy atom. The van der Waals surface area contributed by atoms with Crippen LogP contribution in [0.4, 0.5) is 8.78 Å². The van der Waals surface area contributed by atoms with Gasteiger partial charge in [0, 0.05) is 11.6 Å². The van der Waals surface area contributed by atoms with Gasteiger partial charge < -0.3 is 9.84 Å². The summed E-state index contributed by atoms with van der Waals surface area (Å²) in [4.78, 5) is 0. The second-order valence-electron chi connectivity index (χ2n) is 4.98. The number of halogens is 2. The first-order valence-electron chi connectivity index (χ1n) is 6.49. The SMILES string of the molecule is CCC1(C(C)O)CCC(c2ccc(F)cc2F)=CO1. The Morgan fingerprint density at radius 1 is 1.42 bits per heavy atom. The third kappa shape index (κ3) is 2.63. The molecule has 0 radical (unpaired) electrons. The number of hydrogen-bond acceptors (Lipinski definition) is 2. The van der Waals surface area contributed by atoms with Gasteiger partial charge >= 0.3 is 0 Å². The smallest absolute Gasteiger partial charge is 0.134 e. The fourth-order valence-corrected chi connectivity index (χ4v) is 2.46. The fourth-order valence-electron chi connectivity index (χ4n) is 2.46. The molecular weight excluding hydrogens is 250 g/mol. The number of hydrogen-bond donors (Lipinski definition) is 1. The van der Waals surface area contributed by atoms with Gasteiger partial charge in [0.15, 0.2) is 0 Å².